The highest BCUT2D eigenvalue weighted by Crippen LogP contribution is 2.21. The highest BCUT2D eigenvalue weighted by Gasteiger charge is 2.10. The lowest BCUT2D eigenvalue weighted by Crippen LogP contribution is -2.14. The van der Waals surface area contributed by atoms with Gasteiger partial charge in [-0.1, -0.05) is 16.8 Å². The van der Waals surface area contributed by atoms with Crippen molar-refractivity contribution < 1.29 is 13.7 Å². The van der Waals surface area contributed by atoms with Crippen LogP contribution in [0.15, 0.2) is 22.7 Å². The molecule has 0 atom stereocenters. The molecule has 1 aromatic heterocycles. The first-order chi connectivity index (χ1) is 9.97. The number of aryl methyl sites for hydroxylation is 2. The van der Waals surface area contributed by atoms with Crippen LogP contribution in [0, 0.1) is 19.7 Å². The molecule has 1 N–H and O–H groups in total. The molecule has 0 saturated carbocycles. The van der Waals surface area contributed by atoms with Crippen LogP contribution in [0.5, 0.6) is 0 Å². The minimum absolute atomic E-state index is 0.0174. The van der Waals surface area contributed by atoms with E-state index in [-0.39, 0.29) is 16.7 Å². The van der Waals surface area contributed by atoms with Crippen LogP contribution in [0.1, 0.15) is 17.0 Å². The van der Waals surface area contributed by atoms with E-state index >= 15 is 0 Å². The summed E-state index contributed by atoms with van der Waals surface area (Å²) < 4.78 is 18.1. The molecule has 0 radical (unpaired) electrons. The number of carbonyl (C=O) groups is 1. The molecule has 0 aliphatic heterocycles. The zero-order chi connectivity index (χ0) is 15.4. The van der Waals surface area contributed by atoms with Crippen molar-refractivity contribution in [2.24, 2.45) is 0 Å². The number of aromatic nitrogens is 1. The van der Waals surface area contributed by atoms with E-state index in [1.807, 2.05) is 13.8 Å². The van der Waals surface area contributed by atoms with Gasteiger partial charge in [-0.25, -0.2) is 4.39 Å². The summed E-state index contributed by atoms with van der Waals surface area (Å²) in [6.07, 6.45) is 0. The molecule has 0 saturated heterocycles. The standard InChI is InChI=1S/C14H14ClFN2O2S/c1-8-11(9(2)20-18-8)6-21-7-14(19)17-10-3-4-13(16)12(15)5-10/h3-5H,6-7H2,1-2H3,(H,17,19). The molecule has 1 heterocycles. The maximum Gasteiger partial charge on any atom is 0.234 e. The van der Waals surface area contributed by atoms with Gasteiger partial charge in [-0.3, -0.25) is 4.79 Å². The minimum Gasteiger partial charge on any atom is -0.361 e. The first-order valence-electron chi connectivity index (χ1n) is 6.21. The van der Waals surface area contributed by atoms with Crippen LogP contribution in [0.25, 0.3) is 0 Å². The lowest BCUT2D eigenvalue weighted by Gasteiger charge is -2.06. The lowest BCUT2D eigenvalue weighted by molar-refractivity contribution is -0.113. The first-order valence-corrected chi connectivity index (χ1v) is 7.75. The average molecular weight is 329 g/mol. The number of hydrogen-bond donors (Lipinski definition) is 1. The molecule has 4 nitrogen and oxygen atoms in total. The minimum atomic E-state index is -0.512. The quantitative estimate of drug-likeness (QED) is 0.902. The summed E-state index contributed by atoms with van der Waals surface area (Å²) in [5.41, 5.74) is 2.33. The van der Waals surface area contributed by atoms with Gasteiger partial charge in [0.2, 0.25) is 5.91 Å². The molecule has 0 bridgehead atoms. The van der Waals surface area contributed by atoms with Gasteiger partial charge >= 0.3 is 0 Å². The van der Waals surface area contributed by atoms with Crippen LogP contribution in [-0.4, -0.2) is 16.8 Å². The Morgan fingerprint density at radius 3 is 2.86 bits per heavy atom. The largest absolute Gasteiger partial charge is 0.361 e. The van der Waals surface area contributed by atoms with Crippen LogP contribution in [0.2, 0.25) is 5.02 Å². The van der Waals surface area contributed by atoms with Crippen molar-refractivity contribution in [1.82, 2.24) is 5.16 Å². The van der Waals surface area contributed by atoms with Crippen molar-refractivity contribution in [3.05, 3.63) is 46.1 Å². The van der Waals surface area contributed by atoms with Gasteiger partial charge in [0, 0.05) is 17.0 Å². The molecule has 0 aliphatic rings. The molecule has 1 aromatic carbocycles. The van der Waals surface area contributed by atoms with Crippen molar-refractivity contribution in [3.8, 4) is 0 Å². The van der Waals surface area contributed by atoms with Gasteiger partial charge in [0.15, 0.2) is 0 Å². The van der Waals surface area contributed by atoms with Gasteiger partial charge in [-0.2, -0.15) is 0 Å². The number of nitrogens with one attached hydrogen (secondary N) is 1. The zero-order valence-corrected chi connectivity index (χ0v) is 13.1. The molecular weight excluding hydrogens is 315 g/mol. The second kappa shape index (κ2) is 6.95. The van der Waals surface area contributed by atoms with Crippen LogP contribution in [0.4, 0.5) is 10.1 Å². The molecule has 2 aromatic rings. The maximum atomic E-state index is 13.0. The van der Waals surface area contributed by atoms with Gasteiger partial charge in [0.25, 0.3) is 0 Å². The summed E-state index contributed by atoms with van der Waals surface area (Å²) >= 11 is 7.11. The predicted molar refractivity (Wildman–Crippen MR) is 82.2 cm³/mol. The summed E-state index contributed by atoms with van der Waals surface area (Å²) in [4.78, 5) is 11.8. The van der Waals surface area contributed by atoms with Crippen molar-refractivity contribution in [2.75, 3.05) is 11.1 Å². The number of carbonyl (C=O) groups excluding carboxylic acids is 1. The van der Waals surface area contributed by atoms with E-state index in [1.54, 1.807) is 0 Å². The Labute approximate surface area is 131 Å². The predicted octanol–water partition coefficient (Wildman–Crippen LogP) is 3.96. The fraction of sp³-hybridized carbons (Fsp3) is 0.286. The Morgan fingerprint density at radius 1 is 1.48 bits per heavy atom. The van der Waals surface area contributed by atoms with Crippen molar-refractivity contribution in [3.63, 3.8) is 0 Å². The molecule has 2 rings (SSSR count). The van der Waals surface area contributed by atoms with E-state index in [0.29, 0.717) is 11.4 Å². The highest BCUT2D eigenvalue weighted by atomic mass is 35.5. The third-order valence-corrected chi connectivity index (χ3v) is 4.11. The van der Waals surface area contributed by atoms with Gasteiger partial charge in [0.1, 0.15) is 11.6 Å². The molecule has 112 valence electrons. The van der Waals surface area contributed by atoms with Crippen LogP contribution >= 0.6 is 23.4 Å². The Hall–Kier alpha value is -1.53. The number of amides is 1. The number of thioether (sulfide) groups is 1. The van der Waals surface area contributed by atoms with Gasteiger partial charge < -0.3 is 9.84 Å². The number of nitrogens with zero attached hydrogens (tertiary/aromatic N) is 1. The monoisotopic (exact) mass is 328 g/mol. The van der Waals surface area contributed by atoms with Crippen molar-refractivity contribution >= 4 is 35.0 Å². The Bertz CT molecular complexity index is 641. The molecule has 7 heteroatoms. The van der Waals surface area contributed by atoms with Crippen LogP contribution in [0.3, 0.4) is 0 Å². The number of halogens is 2. The summed E-state index contributed by atoms with van der Waals surface area (Å²) in [6, 6.07) is 4.07. The first kappa shape index (κ1) is 15.9. The Kier molecular flexibility index (Phi) is 5.25. The fourth-order valence-corrected chi connectivity index (χ4v) is 2.88. The van der Waals surface area contributed by atoms with Crippen LogP contribution in [-0.2, 0) is 10.5 Å². The van der Waals surface area contributed by atoms with E-state index in [2.05, 4.69) is 10.5 Å². The Morgan fingerprint density at radius 2 is 2.24 bits per heavy atom. The number of hydrogen-bond acceptors (Lipinski definition) is 4. The smallest absolute Gasteiger partial charge is 0.234 e. The normalized spacial score (nSPS) is 10.7. The summed E-state index contributed by atoms with van der Waals surface area (Å²) in [7, 11) is 0. The van der Waals surface area contributed by atoms with E-state index in [4.69, 9.17) is 16.1 Å². The molecule has 21 heavy (non-hydrogen) atoms. The number of rotatable bonds is 5. The van der Waals surface area contributed by atoms with Gasteiger partial charge in [0.05, 0.1) is 16.5 Å². The molecule has 0 aliphatic carbocycles. The van der Waals surface area contributed by atoms with Gasteiger partial charge in [-0.15, -0.1) is 11.8 Å². The zero-order valence-electron chi connectivity index (χ0n) is 11.6. The second-order valence-corrected chi connectivity index (χ2v) is 5.87. The second-order valence-electron chi connectivity index (χ2n) is 4.47. The third-order valence-electron chi connectivity index (χ3n) is 2.86. The van der Waals surface area contributed by atoms with E-state index in [1.165, 1.54) is 30.0 Å². The third kappa shape index (κ3) is 4.22. The lowest BCUT2D eigenvalue weighted by atomic mass is 10.2. The average Bonchev–Trinajstić information content (AvgIpc) is 2.74. The molecule has 0 spiro atoms. The maximum absolute atomic E-state index is 13.0. The van der Waals surface area contributed by atoms with E-state index in [0.717, 1.165) is 17.0 Å². The SMILES string of the molecule is Cc1noc(C)c1CSCC(=O)Nc1ccc(F)c(Cl)c1. The number of anilines is 1. The van der Waals surface area contributed by atoms with Crippen molar-refractivity contribution in [2.45, 2.75) is 19.6 Å². The van der Waals surface area contributed by atoms with Crippen molar-refractivity contribution in [1.29, 1.82) is 0 Å². The number of benzene rings is 1. The van der Waals surface area contributed by atoms with E-state index < -0.39 is 5.82 Å². The molecular formula is C14H14ClFN2O2S. The topological polar surface area (TPSA) is 55.1 Å². The molecule has 1 amide bonds. The van der Waals surface area contributed by atoms with Crippen LogP contribution < -0.4 is 5.32 Å². The summed E-state index contributed by atoms with van der Waals surface area (Å²) in [5, 5.41) is 6.51. The summed E-state index contributed by atoms with van der Waals surface area (Å²) in [5.74, 6) is 1.01. The molecule has 0 unspecified atom stereocenters. The Balaban J connectivity index is 1.84. The summed E-state index contributed by atoms with van der Waals surface area (Å²) in [6.45, 7) is 3.71. The fourth-order valence-electron chi connectivity index (χ4n) is 1.72. The van der Waals surface area contributed by atoms with E-state index in [9.17, 15) is 9.18 Å². The van der Waals surface area contributed by atoms with Gasteiger partial charge in [-0.05, 0) is 32.0 Å². The molecule has 0 fully saturated rings. The highest BCUT2D eigenvalue weighted by molar-refractivity contribution is 7.99.